The highest BCUT2D eigenvalue weighted by atomic mass is 32.2. The molecule has 1 saturated heterocycles. The summed E-state index contributed by atoms with van der Waals surface area (Å²) in [6, 6.07) is 7.14. The van der Waals surface area contributed by atoms with Gasteiger partial charge < -0.3 is 9.42 Å². The smallest absolute Gasteiger partial charge is 0.183 e. The van der Waals surface area contributed by atoms with Gasteiger partial charge in [0.1, 0.15) is 11.6 Å². The average molecular weight is 366 g/mol. The van der Waals surface area contributed by atoms with E-state index in [1.54, 1.807) is 13.8 Å². The van der Waals surface area contributed by atoms with Crippen molar-refractivity contribution in [1.82, 2.24) is 5.16 Å². The topological polar surface area (TPSA) is 63.4 Å². The monoisotopic (exact) mass is 366 g/mol. The molecular formula is C18H23FN2O3S. The Hall–Kier alpha value is -1.89. The average Bonchev–Trinajstić information content (AvgIpc) is 3.01. The Labute approximate surface area is 147 Å². The second-order valence-corrected chi connectivity index (χ2v) is 9.65. The van der Waals surface area contributed by atoms with Crippen LogP contribution in [0.2, 0.25) is 0 Å². The summed E-state index contributed by atoms with van der Waals surface area (Å²) in [5, 5.41) is 4.02. The predicted octanol–water partition coefficient (Wildman–Crippen LogP) is 3.59. The number of sulfone groups is 1. The molecule has 0 spiro atoms. The summed E-state index contributed by atoms with van der Waals surface area (Å²) in [5.74, 6) is 1.01. The van der Waals surface area contributed by atoms with Gasteiger partial charge in [0.05, 0.1) is 9.64 Å². The lowest BCUT2D eigenvalue weighted by atomic mass is 9.86. The van der Waals surface area contributed by atoms with Gasteiger partial charge in [0, 0.05) is 19.2 Å². The number of aromatic nitrogens is 1. The van der Waals surface area contributed by atoms with Gasteiger partial charge in [-0.25, -0.2) is 12.8 Å². The minimum atomic E-state index is -3.63. The van der Waals surface area contributed by atoms with E-state index < -0.39 is 20.4 Å². The van der Waals surface area contributed by atoms with Crippen LogP contribution >= 0.6 is 0 Å². The van der Waals surface area contributed by atoms with Crippen molar-refractivity contribution in [3.8, 4) is 0 Å². The molecule has 0 amide bonds. The van der Waals surface area contributed by atoms with Gasteiger partial charge in [0.2, 0.25) is 0 Å². The van der Waals surface area contributed by atoms with Gasteiger partial charge in [-0.2, -0.15) is 0 Å². The highest BCUT2D eigenvalue weighted by Gasteiger charge is 2.44. The lowest BCUT2D eigenvalue weighted by molar-refractivity contribution is 0.320. The molecule has 1 fully saturated rings. The molecule has 25 heavy (non-hydrogen) atoms. The van der Waals surface area contributed by atoms with E-state index in [0.29, 0.717) is 0 Å². The number of halogens is 1. The van der Waals surface area contributed by atoms with Crippen LogP contribution < -0.4 is 4.90 Å². The zero-order valence-corrected chi connectivity index (χ0v) is 15.5. The number of hydrogen-bond acceptors (Lipinski definition) is 5. The van der Waals surface area contributed by atoms with Crippen molar-refractivity contribution in [1.29, 1.82) is 0 Å². The number of nitrogens with zero attached hydrogens (tertiary/aromatic N) is 2. The maximum atomic E-state index is 13.5. The normalized spacial score (nSPS) is 17.0. The summed E-state index contributed by atoms with van der Waals surface area (Å²) < 4.78 is 43.7. The highest BCUT2D eigenvalue weighted by molar-refractivity contribution is 7.92. The van der Waals surface area contributed by atoms with Gasteiger partial charge in [-0.15, -0.1) is 0 Å². The molecule has 1 aliphatic heterocycles. The fraction of sp³-hybridized carbons (Fsp3) is 0.500. The predicted molar refractivity (Wildman–Crippen MR) is 93.8 cm³/mol. The van der Waals surface area contributed by atoms with E-state index in [1.807, 2.05) is 13.0 Å². The molecule has 1 aromatic carbocycles. The van der Waals surface area contributed by atoms with Crippen molar-refractivity contribution in [3.63, 3.8) is 0 Å². The van der Waals surface area contributed by atoms with E-state index in [2.05, 4.69) is 10.1 Å². The maximum absolute atomic E-state index is 13.5. The standard InChI is InChI=1S/C18H23FN2O3S/c1-13-11-17(20-24-13)21-9-7-14(8-10-21)18(2,3)25(22,23)16-6-4-5-15(19)12-16/h4-6,11-12,14H,7-10H2,1-3H3. The third kappa shape index (κ3) is 3.29. The summed E-state index contributed by atoms with van der Waals surface area (Å²) in [6.07, 6.45) is 1.46. The van der Waals surface area contributed by atoms with Crippen LogP contribution in [0.3, 0.4) is 0 Å². The van der Waals surface area contributed by atoms with Crippen molar-refractivity contribution < 1.29 is 17.3 Å². The van der Waals surface area contributed by atoms with Crippen molar-refractivity contribution in [2.45, 2.75) is 43.3 Å². The Morgan fingerprint density at radius 2 is 1.92 bits per heavy atom. The third-order valence-electron chi connectivity index (χ3n) is 5.22. The minimum absolute atomic E-state index is 0.00925. The number of aryl methyl sites for hydroxylation is 1. The number of piperidine rings is 1. The number of benzene rings is 1. The van der Waals surface area contributed by atoms with Gasteiger partial charge in [-0.1, -0.05) is 11.2 Å². The molecule has 0 atom stereocenters. The number of rotatable bonds is 4. The second-order valence-electron chi connectivity index (χ2n) is 7.12. The van der Waals surface area contributed by atoms with Crippen molar-refractivity contribution in [2.75, 3.05) is 18.0 Å². The number of anilines is 1. The van der Waals surface area contributed by atoms with Crippen molar-refractivity contribution in [2.24, 2.45) is 5.92 Å². The van der Waals surface area contributed by atoms with Crippen LogP contribution in [0.1, 0.15) is 32.4 Å². The maximum Gasteiger partial charge on any atom is 0.183 e. The first-order valence-electron chi connectivity index (χ1n) is 8.40. The molecule has 0 aliphatic carbocycles. The van der Waals surface area contributed by atoms with Crippen LogP contribution in [0, 0.1) is 18.7 Å². The molecule has 136 valence electrons. The van der Waals surface area contributed by atoms with E-state index >= 15 is 0 Å². The SMILES string of the molecule is Cc1cc(N2CCC(C(C)(C)S(=O)(=O)c3cccc(F)c3)CC2)no1. The van der Waals surface area contributed by atoms with Gasteiger partial charge in [-0.05, 0) is 57.7 Å². The Morgan fingerprint density at radius 3 is 2.48 bits per heavy atom. The fourth-order valence-corrected chi connectivity index (χ4v) is 5.27. The molecule has 0 bridgehead atoms. The van der Waals surface area contributed by atoms with Gasteiger partial charge in [-0.3, -0.25) is 0 Å². The first-order chi connectivity index (χ1) is 11.7. The van der Waals surface area contributed by atoms with Crippen LogP contribution in [0.4, 0.5) is 10.2 Å². The van der Waals surface area contributed by atoms with Gasteiger partial charge in [0.15, 0.2) is 15.7 Å². The van der Waals surface area contributed by atoms with Crippen LogP contribution in [-0.4, -0.2) is 31.4 Å². The van der Waals surface area contributed by atoms with E-state index in [0.717, 1.165) is 43.6 Å². The lowest BCUT2D eigenvalue weighted by Gasteiger charge is -2.40. The van der Waals surface area contributed by atoms with Crippen LogP contribution in [0.5, 0.6) is 0 Å². The molecule has 0 N–H and O–H groups in total. The van der Waals surface area contributed by atoms with Crippen LogP contribution in [0.25, 0.3) is 0 Å². The first-order valence-corrected chi connectivity index (χ1v) is 9.88. The zero-order chi connectivity index (χ0) is 18.2. The second kappa shape index (κ2) is 6.44. The Bertz CT molecular complexity index is 853. The fourth-order valence-electron chi connectivity index (χ4n) is 3.46. The summed E-state index contributed by atoms with van der Waals surface area (Å²) in [6.45, 7) is 6.77. The molecule has 2 heterocycles. The van der Waals surface area contributed by atoms with Gasteiger partial charge >= 0.3 is 0 Å². The molecule has 0 saturated carbocycles. The molecule has 1 aromatic heterocycles. The van der Waals surface area contributed by atoms with Crippen LogP contribution in [0.15, 0.2) is 39.8 Å². The first kappa shape index (κ1) is 17.9. The quantitative estimate of drug-likeness (QED) is 0.827. The van der Waals surface area contributed by atoms with Gasteiger partial charge in [0.25, 0.3) is 0 Å². The number of hydrogen-bond donors (Lipinski definition) is 0. The van der Waals surface area contributed by atoms with Crippen molar-refractivity contribution >= 4 is 15.7 Å². The van der Waals surface area contributed by atoms with Crippen LogP contribution in [-0.2, 0) is 9.84 Å². The highest BCUT2D eigenvalue weighted by Crippen LogP contribution is 2.38. The zero-order valence-electron chi connectivity index (χ0n) is 14.7. The van der Waals surface area contributed by atoms with E-state index in [4.69, 9.17) is 4.52 Å². The summed E-state index contributed by atoms with van der Waals surface area (Å²) in [7, 11) is -3.63. The molecule has 0 radical (unpaired) electrons. The molecular weight excluding hydrogens is 343 g/mol. The minimum Gasteiger partial charge on any atom is -0.360 e. The Morgan fingerprint density at radius 1 is 1.24 bits per heavy atom. The molecule has 0 unspecified atom stereocenters. The molecule has 3 rings (SSSR count). The Kier molecular flexibility index (Phi) is 4.62. The largest absolute Gasteiger partial charge is 0.360 e. The van der Waals surface area contributed by atoms with Crippen molar-refractivity contribution in [3.05, 3.63) is 41.9 Å². The van der Waals surface area contributed by atoms with E-state index in [1.165, 1.54) is 18.2 Å². The molecule has 5 nitrogen and oxygen atoms in total. The summed E-state index contributed by atoms with van der Waals surface area (Å²) in [5.41, 5.74) is 0. The summed E-state index contributed by atoms with van der Waals surface area (Å²) >= 11 is 0. The molecule has 1 aliphatic rings. The molecule has 7 heteroatoms. The molecule has 2 aromatic rings. The van der Waals surface area contributed by atoms with E-state index in [9.17, 15) is 12.8 Å². The summed E-state index contributed by atoms with van der Waals surface area (Å²) in [4.78, 5) is 2.16. The van der Waals surface area contributed by atoms with E-state index in [-0.39, 0.29) is 10.8 Å². The third-order valence-corrected chi connectivity index (χ3v) is 7.81. The Balaban J connectivity index is 1.77. The lowest BCUT2D eigenvalue weighted by Crippen LogP contribution is -2.46.